The minimum absolute atomic E-state index is 0.119. The topological polar surface area (TPSA) is 65.1 Å². The molecule has 2 atom stereocenters. The van der Waals surface area contributed by atoms with Crippen molar-refractivity contribution >= 4 is 29.2 Å². The highest BCUT2D eigenvalue weighted by Gasteiger charge is 2.42. The second kappa shape index (κ2) is 12.9. The van der Waals surface area contributed by atoms with Crippen LogP contribution in [0.5, 0.6) is 5.75 Å². The average molecular weight is 674 g/mol. The summed E-state index contributed by atoms with van der Waals surface area (Å²) in [5.41, 5.74) is 2.99. The Morgan fingerprint density at radius 1 is 1.06 bits per heavy atom. The van der Waals surface area contributed by atoms with Crippen molar-refractivity contribution in [3.05, 3.63) is 92.8 Å². The number of hydrogen-bond acceptors (Lipinski definition) is 5. The number of hydrogen-bond donors (Lipinski definition) is 0. The summed E-state index contributed by atoms with van der Waals surface area (Å²) < 4.78 is 72.5. The van der Waals surface area contributed by atoms with E-state index in [1.54, 1.807) is 32.0 Å². The highest BCUT2D eigenvalue weighted by molar-refractivity contribution is 6.33. The van der Waals surface area contributed by atoms with Crippen LogP contribution in [-0.2, 0) is 15.7 Å². The van der Waals surface area contributed by atoms with E-state index >= 15 is 4.39 Å². The molecular weight excluding hydrogens is 638 g/mol. The molecular formula is C36H36ClF4NO5. The van der Waals surface area contributed by atoms with Gasteiger partial charge in [0.25, 0.3) is 0 Å². The lowest BCUT2D eigenvalue weighted by Gasteiger charge is -2.36. The Kier molecular flexibility index (Phi) is 9.38. The molecule has 0 N–H and O–H groups in total. The molecule has 2 aliphatic rings. The number of carbonyl (C=O) groups is 2. The van der Waals surface area contributed by atoms with E-state index in [9.17, 15) is 22.8 Å². The van der Waals surface area contributed by atoms with Crippen LogP contribution in [0.4, 0.5) is 22.4 Å². The molecule has 0 aromatic heterocycles. The molecule has 47 heavy (non-hydrogen) atoms. The van der Waals surface area contributed by atoms with Gasteiger partial charge in [-0.05, 0) is 85.6 Å². The van der Waals surface area contributed by atoms with Gasteiger partial charge in [-0.1, -0.05) is 43.1 Å². The highest BCUT2D eigenvalue weighted by atomic mass is 35.5. The molecule has 1 heterocycles. The lowest BCUT2D eigenvalue weighted by atomic mass is 9.72. The molecule has 1 fully saturated rings. The van der Waals surface area contributed by atoms with Gasteiger partial charge >= 0.3 is 18.2 Å². The van der Waals surface area contributed by atoms with E-state index in [0.717, 1.165) is 29.7 Å². The maximum absolute atomic E-state index is 15.6. The van der Waals surface area contributed by atoms with Gasteiger partial charge in [-0.3, -0.25) is 4.90 Å². The number of aryl methyl sites for hydroxylation is 1. The molecule has 0 saturated carbocycles. The molecule has 0 radical (unpaired) electrons. The monoisotopic (exact) mass is 673 g/mol. The molecule has 5 rings (SSSR count). The standard InChI is InChI=1S/C36H36ClF4NO5/c1-19-11-22(13-24(12-19)36(39,40)41)32-20(2)42(34(44)47-32)18-23-17-35(3,4)10-9-25(23)28-15-27(30(38)16-31(28)45-5)26-8-7-21(14-29(26)37)33(43)46-6/h7-8,11-16,20,32H,9-10,17-18H2,1-6H3/t20-,32-/m0/s1. The number of rotatable bonds is 7. The van der Waals surface area contributed by atoms with Crippen LogP contribution in [0.2, 0.25) is 5.02 Å². The van der Waals surface area contributed by atoms with Crippen molar-refractivity contribution < 1.29 is 41.4 Å². The molecule has 1 amide bonds. The summed E-state index contributed by atoms with van der Waals surface area (Å²) in [6.45, 7) is 7.75. The normalized spacial score (nSPS) is 19.6. The largest absolute Gasteiger partial charge is 0.496 e. The number of nitrogens with zero attached hydrogens (tertiary/aromatic N) is 1. The van der Waals surface area contributed by atoms with Crippen LogP contribution in [-0.4, -0.2) is 43.8 Å². The molecule has 0 bridgehead atoms. The van der Waals surface area contributed by atoms with Crippen LogP contribution >= 0.6 is 11.6 Å². The smallest absolute Gasteiger partial charge is 0.416 e. The molecule has 3 aromatic carbocycles. The number of allylic oxidation sites excluding steroid dienone is 1. The first kappa shape index (κ1) is 34.3. The van der Waals surface area contributed by atoms with Crippen molar-refractivity contribution in [1.82, 2.24) is 4.90 Å². The van der Waals surface area contributed by atoms with Crippen molar-refractivity contribution in [3.8, 4) is 16.9 Å². The summed E-state index contributed by atoms with van der Waals surface area (Å²) in [6, 6.07) is 10.6. The minimum Gasteiger partial charge on any atom is -0.496 e. The maximum Gasteiger partial charge on any atom is 0.416 e. The third kappa shape index (κ3) is 6.98. The Bertz CT molecular complexity index is 1770. The molecule has 0 spiro atoms. The SMILES string of the molecule is COC(=O)c1ccc(-c2cc(C3=C(CN4C(=O)O[C@H](c5cc(C)cc(C(F)(F)F)c5)[C@@H]4C)CC(C)(C)CC3)c(OC)cc2F)c(Cl)c1. The fourth-order valence-electron chi connectivity index (χ4n) is 6.54. The molecule has 1 saturated heterocycles. The second-order valence-electron chi connectivity index (χ2n) is 12.9. The molecule has 1 aliphatic carbocycles. The number of benzene rings is 3. The molecule has 250 valence electrons. The number of carbonyl (C=O) groups excluding carboxylic acids is 2. The van der Waals surface area contributed by atoms with Crippen LogP contribution in [0.1, 0.15) is 78.7 Å². The summed E-state index contributed by atoms with van der Waals surface area (Å²) >= 11 is 6.53. The minimum atomic E-state index is -4.54. The Morgan fingerprint density at radius 2 is 1.79 bits per heavy atom. The van der Waals surface area contributed by atoms with Crippen molar-refractivity contribution in [1.29, 1.82) is 0 Å². The quantitative estimate of drug-likeness (QED) is 0.185. The van der Waals surface area contributed by atoms with E-state index in [-0.39, 0.29) is 33.7 Å². The van der Waals surface area contributed by atoms with E-state index in [1.807, 2.05) is 0 Å². The fraction of sp³-hybridized carbons (Fsp3) is 0.389. The lowest BCUT2D eigenvalue weighted by Crippen LogP contribution is -2.35. The van der Waals surface area contributed by atoms with E-state index in [0.29, 0.717) is 35.3 Å². The van der Waals surface area contributed by atoms with Crippen molar-refractivity contribution in [2.45, 2.75) is 65.3 Å². The Hall–Kier alpha value is -4.05. The number of methoxy groups -OCH3 is 2. The van der Waals surface area contributed by atoms with E-state index in [4.69, 9.17) is 25.8 Å². The number of ether oxygens (including phenoxy) is 3. The summed E-state index contributed by atoms with van der Waals surface area (Å²) in [4.78, 5) is 26.8. The van der Waals surface area contributed by atoms with Crippen molar-refractivity contribution in [2.24, 2.45) is 5.41 Å². The fourth-order valence-corrected chi connectivity index (χ4v) is 6.82. The predicted octanol–water partition coefficient (Wildman–Crippen LogP) is 9.81. The first-order valence-electron chi connectivity index (χ1n) is 15.2. The second-order valence-corrected chi connectivity index (χ2v) is 13.4. The zero-order valence-electron chi connectivity index (χ0n) is 27.0. The van der Waals surface area contributed by atoms with Crippen LogP contribution in [0.3, 0.4) is 0 Å². The van der Waals surface area contributed by atoms with Crippen molar-refractivity contribution in [3.63, 3.8) is 0 Å². The van der Waals surface area contributed by atoms with Gasteiger partial charge < -0.3 is 14.2 Å². The number of alkyl halides is 3. The Morgan fingerprint density at radius 3 is 2.43 bits per heavy atom. The van der Waals surface area contributed by atoms with E-state index < -0.39 is 41.8 Å². The number of esters is 1. The molecule has 3 aromatic rings. The Balaban J connectivity index is 1.56. The summed E-state index contributed by atoms with van der Waals surface area (Å²) in [5, 5.41) is 0.159. The van der Waals surface area contributed by atoms with Gasteiger partial charge in [-0.25, -0.2) is 14.0 Å². The summed E-state index contributed by atoms with van der Waals surface area (Å²) in [5.74, 6) is -0.850. The number of halogens is 5. The predicted molar refractivity (Wildman–Crippen MR) is 171 cm³/mol. The summed E-state index contributed by atoms with van der Waals surface area (Å²) in [6.07, 6.45) is -4.05. The third-order valence-corrected chi connectivity index (χ3v) is 9.29. The first-order valence-corrected chi connectivity index (χ1v) is 15.5. The van der Waals surface area contributed by atoms with Crippen LogP contribution in [0, 0.1) is 18.2 Å². The van der Waals surface area contributed by atoms with Gasteiger partial charge in [-0.2, -0.15) is 13.2 Å². The average Bonchev–Trinajstić information content (AvgIpc) is 3.28. The van der Waals surface area contributed by atoms with Crippen molar-refractivity contribution in [2.75, 3.05) is 20.8 Å². The van der Waals surface area contributed by atoms with Crippen LogP contribution < -0.4 is 4.74 Å². The number of amides is 1. The first-order chi connectivity index (χ1) is 22.0. The zero-order valence-corrected chi connectivity index (χ0v) is 27.7. The third-order valence-electron chi connectivity index (χ3n) is 8.97. The maximum atomic E-state index is 15.6. The van der Waals surface area contributed by atoms with Gasteiger partial charge in [0.05, 0.1) is 31.4 Å². The molecule has 6 nitrogen and oxygen atoms in total. The molecule has 11 heteroatoms. The number of cyclic esters (lactones) is 1. The van der Waals surface area contributed by atoms with Gasteiger partial charge in [0.1, 0.15) is 17.7 Å². The molecule has 1 aliphatic heterocycles. The van der Waals surface area contributed by atoms with Gasteiger partial charge in [0.2, 0.25) is 0 Å². The van der Waals surface area contributed by atoms with Crippen LogP contribution in [0.25, 0.3) is 16.7 Å². The highest BCUT2D eigenvalue weighted by Crippen LogP contribution is 2.47. The van der Waals surface area contributed by atoms with Crippen LogP contribution in [0.15, 0.2) is 54.1 Å². The Labute approximate surface area is 276 Å². The summed E-state index contributed by atoms with van der Waals surface area (Å²) in [7, 11) is 2.70. The van der Waals surface area contributed by atoms with Gasteiger partial charge in [0, 0.05) is 34.3 Å². The zero-order chi connectivity index (χ0) is 34.4. The van der Waals surface area contributed by atoms with Gasteiger partial charge in [0.15, 0.2) is 0 Å². The lowest BCUT2D eigenvalue weighted by molar-refractivity contribution is -0.137. The van der Waals surface area contributed by atoms with E-state index in [2.05, 4.69) is 13.8 Å². The molecule has 0 unspecified atom stereocenters. The van der Waals surface area contributed by atoms with Gasteiger partial charge in [-0.15, -0.1) is 0 Å². The van der Waals surface area contributed by atoms with E-state index in [1.165, 1.54) is 37.3 Å².